The lowest BCUT2D eigenvalue weighted by Gasteiger charge is -2.41. The van der Waals surface area contributed by atoms with Crippen LogP contribution in [-0.2, 0) is 25.5 Å². The number of hydrogen-bond donors (Lipinski definition) is 0. The summed E-state index contributed by atoms with van der Waals surface area (Å²) in [5.41, 5.74) is 4.47. The number of esters is 1. The fourth-order valence-corrected chi connectivity index (χ4v) is 6.95. The maximum atomic E-state index is 14.6. The summed E-state index contributed by atoms with van der Waals surface area (Å²) in [6, 6.07) is 14.7. The van der Waals surface area contributed by atoms with E-state index in [0.717, 1.165) is 39.8 Å². The van der Waals surface area contributed by atoms with Gasteiger partial charge in [-0.15, -0.1) is 9.24 Å². The van der Waals surface area contributed by atoms with Gasteiger partial charge in [-0.25, -0.2) is 4.39 Å². The Hall–Kier alpha value is -3.06. The number of nitrogens with zero attached hydrogens (tertiary/aromatic N) is 2. The molecule has 4 unspecified atom stereocenters. The van der Waals surface area contributed by atoms with Crippen molar-refractivity contribution in [2.75, 3.05) is 13.6 Å². The molecule has 1 fully saturated rings. The van der Waals surface area contributed by atoms with Crippen molar-refractivity contribution in [3.05, 3.63) is 65.6 Å². The minimum atomic E-state index is -0.885. The molecule has 51 heavy (non-hydrogen) atoms. The molecule has 4 atom stereocenters. The first-order valence-electron chi connectivity index (χ1n) is 18.6. The van der Waals surface area contributed by atoms with Gasteiger partial charge in [-0.05, 0) is 81.4 Å². The van der Waals surface area contributed by atoms with E-state index < -0.39 is 11.4 Å². The number of rotatable bonds is 12. The highest BCUT2D eigenvalue weighted by molar-refractivity contribution is 7.27. The second-order valence-corrected chi connectivity index (χ2v) is 16.0. The minimum absolute atomic E-state index is 0.00290. The van der Waals surface area contributed by atoms with Gasteiger partial charge in [-0.3, -0.25) is 9.59 Å². The van der Waals surface area contributed by atoms with Crippen LogP contribution < -0.4 is 5.30 Å². The lowest BCUT2D eigenvalue weighted by Crippen LogP contribution is -2.46. The predicted molar refractivity (Wildman–Crippen MR) is 210 cm³/mol. The fourth-order valence-electron chi connectivity index (χ4n) is 6.76. The first kappa shape index (κ1) is 42.4. The van der Waals surface area contributed by atoms with Crippen LogP contribution >= 0.6 is 9.24 Å². The molecule has 0 saturated carbocycles. The lowest BCUT2D eigenvalue weighted by molar-refractivity contribution is -0.301. The van der Waals surface area contributed by atoms with Crippen molar-refractivity contribution in [3.63, 3.8) is 0 Å². The van der Waals surface area contributed by atoms with Crippen molar-refractivity contribution in [2.24, 2.45) is 5.92 Å². The quantitative estimate of drug-likeness (QED) is 0.137. The monoisotopic (exact) mass is 724 g/mol. The Labute approximate surface area is 308 Å². The molecule has 1 aliphatic rings. The average Bonchev–Trinajstić information content (AvgIpc) is 3.38. The Morgan fingerprint density at radius 3 is 2.12 bits per heavy atom. The third kappa shape index (κ3) is 11.5. The molecule has 3 aromatic rings. The third-order valence-electron chi connectivity index (χ3n) is 8.93. The van der Waals surface area contributed by atoms with E-state index in [-0.39, 0.29) is 42.2 Å². The minimum Gasteiger partial charge on any atom is -0.460 e. The van der Waals surface area contributed by atoms with Gasteiger partial charge in [0, 0.05) is 37.8 Å². The Morgan fingerprint density at radius 2 is 1.57 bits per heavy atom. The summed E-state index contributed by atoms with van der Waals surface area (Å²) >= 11 is 0. The molecule has 0 spiro atoms. The van der Waals surface area contributed by atoms with Crippen LogP contribution in [0.15, 0.2) is 48.5 Å². The summed E-state index contributed by atoms with van der Waals surface area (Å²) in [7, 11) is 4.61. The van der Waals surface area contributed by atoms with Crippen LogP contribution in [0.4, 0.5) is 4.39 Å². The van der Waals surface area contributed by atoms with Crippen LogP contribution in [0.5, 0.6) is 0 Å². The maximum absolute atomic E-state index is 14.6. The highest BCUT2D eigenvalue weighted by Crippen LogP contribution is 2.43. The Kier molecular flexibility index (Phi) is 15.0. The van der Waals surface area contributed by atoms with E-state index in [0.29, 0.717) is 37.4 Å². The van der Waals surface area contributed by atoms with Crippen molar-refractivity contribution < 1.29 is 28.2 Å². The van der Waals surface area contributed by atoms with Crippen LogP contribution in [0.1, 0.15) is 124 Å². The smallest absolute Gasteiger partial charge is 0.308 e. The van der Waals surface area contributed by atoms with Crippen molar-refractivity contribution in [2.45, 2.75) is 138 Å². The number of amides is 1. The highest BCUT2D eigenvalue weighted by atomic mass is 31.0. The van der Waals surface area contributed by atoms with Crippen molar-refractivity contribution in [1.82, 2.24) is 9.47 Å². The van der Waals surface area contributed by atoms with Crippen LogP contribution in [-0.4, -0.2) is 58.5 Å². The van der Waals surface area contributed by atoms with Crippen molar-refractivity contribution in [3.8, 4) is 22.4 Å². The summed E-state index contributed by atoms with van der Waals surface area (Å²) in [4.78, 5) is 29.2. The topological polar surface area (TPSA) is 70.0 Å². The predicted octanol–water partition coefficient (Wildman–Crippen LogP) is 9.76. The second kappa shape index (κ2) is 18.1. The van der Waals surface area contributed by atoms with Gasteiger partial charge in [0.1, 0.15) is 11.4 Å². The van der Waals surface area contributed by atoms with Gasteiger partial charge >= 0.3 is 5.97 Å². The van der Waals surface area contributed by atoms with Crippen LogP contribution in [0, 0.1) is 11.7 Å². The van der Waals surface area contributed by atoms with E-state index in [1.165, 1.54) is 12.1 Å². The largest absolute Gasteiger partial charge is 0.460 e. The Morgan fingerprint density at radius 1 is 1.00 bits per heavy atom. The third-order valence-corrected chi connectivity index (χ3v) is 9.31. The molecule has 282 valence electrons. The van der Waals surface area contributed by atoms with Crippen molar-refractivity contribution in [1.29, 1.82) is 0 Å². The van der Waals surface area contributed by atoms with Gasteiger partial charge in [0.05, 0.1) is 29.9 Å². The number of ether oxygens (including phenoxy) is 3. The SMILES string of the molecule is CC.CCC(C)CN(C)C(=O)c1c(-c2ccc(F)cc2)c(-c2ccc(P)cc2)n(CCC2CC(CC(=O)OC(C)(C)C)OC(C)(C)O2)c1C(C)C. The summed E-state index contributed by atoms with van der Waals surface area (Å²) in [6.07, 6.45) is 1.70. The van der Waals surface area contributed by atoms with Crippen molar-refractivity contribution >= 4 is 26.4 Å². The maximum Gasteiger partial charge on any atom is 0.308 e. The van der Waals surface area contributed by atoms with Gasteiger partial charge in [0.25, 0.3) is 5.91 Å². The van der Waals surface area contributed by atoms with Gasteiger partial charge < -0.3 is 23.7 Å². The van der Waals surface area contributed by atoms with E-state index in [9.17, 15) is 14.0 Å². The van der Waals surface area contributed by atoms with E-state index >= 15 is 0 Å². The summed E-state index contributed by atoms with van der Waals surface area (Å²) < 4.78 is 34.8. The molecule has 2 heterocycles. The van der Waals surface area contributed by atoms with E-state index in [2.05, 4.69) is 53.6 Å². The molecule has 7 nitrogen and oxygen atoms in total. The van der Waals surface area contributed by atoms with Gasteiger partial charge in [0.2, 0.25) is 0 Å². The molecule has 0 radical (unpaired) electrons. The molecule has 1 amide bonds. The normalized spacial score (nSPS) is 17.8. The molecular weight excluding hydrogens is 662 g/mol. The Bertz CT molecular complexity index is 1590. The van der Waals surface area contributed by atoms with Gasteiger partial charge in [0.15, 0.2) is 5.79 Å². The zero-order valence-corrected chi connectivity index (χ0v) is 34.2. The van der Waals surface area contributed by atoms with Gasteiger partial charge in [-0.2, -0.15) is 0 Å². The summed E-state index contributed by atoms with van der Waals surface area (Å²) in [5, 5.41) is 1.05. The second-order valence-electron chi connectivity index (χ2n) is 15.3. The number of halogens is 1. The fraction of sp³-hybridized carbons (Fsp3) is 0.571. The first-order chi connectivity index (χ1) is 23.9. The molecule has 1 aliphatic heterocycles. The molecular formula is C42H62FN2O5P. The highest BCUT2D eigenvalue weighted by Gasteiger charge is 2.38. The zero-order chi connectivity index (χ0) is 38.3. The lowest BCUT2D eigenvalue weighted by atomic mass is 9.94. The number of carbonyl (C=O) groups is 2. The summed E-state index contributed by atoms with van der Waals surface area (Å²) in [5.74, 6) is -1.23. The van der Waals surface area contributed by atoms with E-state index in [1.54, 1.807) is 12.1 Å². The van der Waals surface area contributed by atoms with Crippen LogP contribution in [0.2, 0.25) is 0 Å². The van der Waals surface area contributed by atoms with E-state index in [1.807, 2.05) is 72.5 Å². The Balaban J connectivity index is 0.00000345. The van der Waals surface area contributed by atoms with E-state index in [4.69, 9.17) is 14.2 Å². The summed E-state index contributed by atoms with van der Waals surface area (Å²) in [6.45, 7) is 23.0. The molecule has 0 aliphatic carbocycles. The molecule has 4 rings (SSSR count). The number of aromatic nitrogens is 1. The van der Waals surface area contributed by atoms with Crippen LogP contribution in [0.3, 0.4) is 0 Å². The van der Waals surface area contributed by atoms with Gasteiger partial charge in [-0.1, -0.05) is 84.4 Å². The molecule has 1 saturated heterocycles. The number of carbonyl (C=O) groups excluding carboxylic acids is 2. The molecule has 9 heteroatoms. The average molecular weight is 725 g/mol. The number of benzene rings is 2. The standard InChI is InChI=1S/C40H56FN2O5P.C2H6/c1-11-26(4)24-42(10)38(45)35-34(27-12-16-29(41)17-13-27)37(28-14-18-32(49)19-15-28)43(36(35)25(2)3)21-20-30-22-31(47-40(8,9)46-30)23-33(44)48-39(5,6)7;1-2/h12-19,25-26,30-31H,11,20-24,49H2,1-10H3;1-2H3. The molecule has 2 aromatic carbocycles. The molecule has 0 bridgehead atoms. The first-order valence-corrected chi connectivity index (χ1v) is 19.2. The molecule has 0 N–H and O–H groups in total. The van der Waals surface area contributed by atoms with Crippen LogP contribution in [0.25, 0.3) is 22.4 Å². The molecule has 1 aromatic heterocycles. The zero-order valence-electron chi connectivity index (χ0n) is 33.1. The number of hydrogen-bond acceptors (Lipinski definition) is 5.